The molecule has 6 nitrogen and oxygen atoms in total. The lowest BCUT2D eigenvalue weighted by molar-refractivity contribution is -0.147. The largest absolute Gasteiger partial charge is 0.497 e. The van der Waals surface area contributed by atoms with Gasteiger partial charge in [0.15, 0.2) is 5.54 Å². The summed E-state index contributed by atoms with van der Waals surface area (Å²) in [5.74, 6) is -0.468. The number of aliphatic carboxylic acids is 1. The fourth-order valence-electron chi connectivity index (χ4n) is 2.01. The highest BCUT2D eigenvalue weighted by atomic mass is 32.2. The molecule has 1 amide bonds. The summed E-state index contributed by atoms with van der Waals surface area (Å²) < 4.78 is 10.2. The Labute approximate surface area is 126 Å². The van der Waals surface area contributed by atoms with E-state index in [0.717, 1.165) is 10.6 Å². The maximum atomic E-state index is 11.9. The van der Waals surface area contributed by atoms with Crippen molar-refractivity contribution in [3.8, 4) is 5.75 Å². The van der Waals surface area contributed by atoms with Crippen LogP contribution in [0.4, 0.5) is 0 Å². The number of ether oxygens (including phenoxy) is 2. The predicted octanol–water partition coefficient (Wildman–Crippen LogP) is 1.15. The number of carbonyl (C=O) groups excluding carboxylic acids is 1. The molecule has 0 spiro atoms. The van der Waals surface area contributed by atoms with Gasteiger partial charge in [-0.05, 0) is 24.3 Å². The van der Waals surface area contributed by atoms with Gasteiger partial charge in [-0.15, -0.1) is 11.8 Å². The van der Waals surface area contributed by atoms with Crippen LogP contribution in [0.15, 0.2) is 29.2 Å². The summed E-state index contributed by atoms with van der Waals surface area (Å²) in [5.41, 5.74) is -1.28. The highest BCUT2D eigenvalue weighted by molar-refractivity contribution is 8.00. The molecule has 1 saturated heterocycles. The normalized spacial score (nSPS) is 21.0. The van der Waals surface area contributed by atoms with Gasteiger partial charge >= 0.3 is 5.97 Å². The molecule has 1 aliphatic rings. The van der Waals surface area contributed by atoms with Crippen LogP contribution in [0.2, 0.25) is 0 Å². The lowest BCUT2D eigenvalue weighted by Crippen LogP contribution is -2.55. The van der Waals surface area contributed by atoms with E-state index >= 15 is 0 Å². The highest BCUT2D eigenvalue weighted by Crippen LogP contribution is 2.23. The van der Waals surface area contributed by atoms with Gasteiger partial charge in [-0.25, -0.2) is 4.79 Å². The third-order valence-corrected chi connectivity index (χ3v) is 4.25. The van der Waals surface area contributed by atoms with Crippen LogP contribution in [0.5, 0.6) is 5.75 Å². The SMILES string of the molecule is COc1ccc(SCC(=O)NC2(C(=O)O)CCOC2)cc1. The molecule has 0 saturated carbocycles. The Morgan fingerprint density at radius 3 is 2.67 bits per heavy atom. The molecule has 0 aromatic heterocycles. The first kappa shape index (κ1) is 15.7. The fraction of sp³-hybridized carbons (Fsp3) is 0.429. The van der Waals surface area contributed by atoms with Gasteiger partial charge in [0, 0.05) is 17.9 Å². The molecule has 7 heteroatoms. The van der Waals surface area contributed by atoms with E-state index in [1.54, 1.807) is 7.11 Å². The summed E-state index contributed by atoms with van der Waals surface area (Å²) in [7, 11) is 1.59. The van der Waals surface area contributed by atoms with Crippen molar-refractivity contribution in [2.24, 2.45) is 0 Å². The molecule has 2 N–H and O–H groups in total. The van der Waals surface area contributed by atoms with Crippen LogP contribution in [-0.4, -0.2) is 48.6 Å². The van der Waals surface area contributed by atoms with E-state index in [0.29, 0.717) is 13.0 Å². The number of amides is 1. The molecule has 21 heavy (non-hydrogen) atoms. The minimum atomic E-state index is -1.28. The van der Waals surface area contributed by atoms with Crippen LogP contribution in [0.1, 0.15) is 6.42 Å². The van der Waals surface area contributed by atoms with E-state index in [1.807, 2.05) is 24.3 Å². The molecule has 1 heterocycles. The summed E-state index contributed by atoms with van der Waals surface area (Å²) in [6.07, 6.45) is 0.293. The van der Waals surface area contributed by atoms with Gasteiger partial charge in [0.2, 0.25) is 5.91 Å². The Hall–Kier alpha value is -1.73. The van der Waals surface area contributed by atoms with Crippen molar-refractivity contribution in [1.82, 2.24) is 5.32 Å². The maximum absolute atomic E-state index is 11.9. The third-order valence-electron chi connectivity index (χ3n) is 3.24. The van der Waals surface area contributed by atoms with Crippen molar-refractivity contribution in [3.63, 3.8) is 0 Å². The van der Waals surface area contributed by atoms with E-state index in [1.165, 1.54) is 11.8 Å². The Kier molecular flexibility index (Phi) is 5.08. The minimum Gasteiger partial charge on any atom is -0.497 e. The second-order valence-corrected chi connectivity index (χ2v) is 5.75. The second kappa shape index (κ2) is 6.82. The average molecular weight is 311 g/mol. The monoisotopic (exact) mass is 311 g/mol. The molecule has 0 aliphatic carbocycles. The average Bonchev–Trinajstić information content (AvgIpc) is 2.95. The lowest BCUT2D eigenvalue weighted by atomic mass is 9.99. The Morgan fingerprint density at radius 2 is 2.14 bits per heavy atom. The third kappa shape index (κ3) is 3.89. The predicted molar refractivity (Wildman–Crippen MR) is 77.7 cm³/mol. The number of rotatable bonds is 6. The van der Waals surface area contributed by atoms with Crippen molar-refractivity contribution in [1.29, 1.82) is 0 Å². The molecule has 1 unspecified atom stereocenters. The zero-order valence-corrected chi connectivity index (χ0v) is 12.4. The van der Waals surface area contributed by atoms with E-state index in [-0.39, 0.29) is 18.3 Å². The second-order valence-electron chi connectivity index (χ2n) is 4.70. The molecule has 1 aromatic rings. The molecular weight excluding hydrogens is 294 g/mol. The summed E-state index contributed by atoms with van der Waals surface area (Å²) in [6, 6.07) is 7.32. The van der Waals surface area contributed by atoms with Gasteiger partial charge in [-0.1, -0.05) is 0 Å². The van der Waals surface area contributed by atoms with E-state index in [2.05, 4.69) is 5.32 Å². The molecule has 0 bridgehead atoms. The first-order valence-corrected chi connectivity index (χ1v) is 7.43. The Bertz CT molecular complexity index is 511. The zero-order chi connectivity index (χ0) is 15.3. The first-order chi connectivity index (χ1) is 10.1. The number of carbonyl (C=O) groups is 2. The number of hydrogen-bond acceptors (Lipinski definition) is 5. The zero-order valence-electron chi connectivity index (χ0n) is 11.6. The number of hydrogen-bond donors (Lipinski definition) is 2. The van der Waals surface area contributed by atoms with Gasteiger partial charge in [-0.2, -0.15) is 0 Å². The van der Waals surface area contributed by atoms with E-state index in [9.17, 15) is 14.7 Å². The van der Waals surface area contributed by atoms with Crippen LogP contribution < -0.4 is 10.1 Å². The summed E-state index contributed by atoms with van der Waals surface area (Å²) >= 11 is 1.34. The summed E-state index contributed by atoms with van der Waals surface area (Å²) in [4.78, 5) is 24.1. The van der Waals surface area contributed by atoms with Gasteiger partial charge in [-0.3, -0.25) is 4.79 Å². The molecule has 1 fully saturated rings. The number of benzene rings is 1. The molecule has 1 aliphatic heterocycles. The van der Waals surface area contributed by atoms with Crippen molar-refractivity contribution in [2.45, 2.75) is 16.9 Å². The number of carboxylic acids is 1. The van der Waals surface area contributed by atoms with Crippen molar-refractivity contribution < 1.29 is 24.2 Å². The van der Waals surface area contributed by atoms with Crippen molar-refractivity contribution in [3.05, 3.63) is 24.3 Å². The van der Waals surface area contributed by atoms with Crippen LogP contribution in [0.3, 0.4) is 0 Å². The lowest BCUT2D eigenvalue weighted by Gasteiger charge is -2.23. The molecule has 114 valence electrons. The number of methoxy groups -OCH3 is 1. The van der Waals surface area contributed by atoms with Crippen molar-refractivity contribution in [2.75, 3.05) is 26.1 Å². The van der Waals surface area contributed by atoms with Crippen LogP contribution >= 0.6 is 11.8 Å². The maximum Gasteiger partial charge on any atom is 0.331 e. The Balaban J connectivity index is 1.87. The topological polar surface area (TPSA) is 84.9 Å². The van der Waals surface area contributed by atoms with Crippen LogP contribution in [0, 0.1) is 0 Å². The minimum absolute atomic E-state index is 0.0152. The van der Waals surface area contributed by atoms with E-state index < -0.39 is 11.5 Å². The quantitative estimate of drug-likeness (QED) is 0.767. The van der Waals surface area contributed by atoms with Crippen LogP contribution in [-0.2, 0) is 14.3 Å². The molecular formula is C14H17NO5S. The summed E-state index contributed by atoms with van der Waals surface area (Å²) in [6.45, 7) is 0.361. The van der Waals surface area contributed by atoms with Gasteiger partial charge < -0.3 is 19.9 Å². The Morgan fingerprint density at radius 1 is 1.43 bits per heavy atom. The molecule has 1 atom stereocenters. The van der Waals surface area contributed by atoms with E-state index in [4.69, 9.17) is 9.47 Å². The standard InChI is InChI=1S/C14H17NO5S/c1-19-10-2-4-11(5-3-10)21-8-12(16)15-14(13(17)18)6-7-20-9-14/h2-5H,6-9H2,1H3,(H,15,16)(H,17,18). The molecule has 0 radical (unpaired) electrons. The first-order valence-electron chi connectivity index (χ1n) is 6.45. The summed E-state index contributed by atoms with van der Waals surface area (Å²) in [5, 5.41) is 11.8. The fourth-order valence-corrected chi connectivity index (χ4v) is 2.71. The number of carboxylic acid groups (broad SMARTS) is 1. The molecule has 1 aromatic carbocycles. The van der Waals surface area contributed by atoms with Gasteiger partial charge in [0.25, 0.3) is 0 Å². The smallest absolute Gasteiger partial charge is 0.331 e. The van der Waals surface area contributed by atoms with Gasteiger partial charge in [0.05, 0.1) is 19.5 Å². The number of thioether (sulfide) groups is 1. The van der Waals surface area contributed by atoms with Crippen LogP contribution in [0.25, 0.3) is 0 Å². The molecule has 2 rings (SSSR count). The van der Waals surface area contributed by atoms with Gasteiger partial charge in [0.1, 0.15) is 5.75 Å². The van der Waals surface area contributed by atoms with Crippen molar-refractivity contribution >= 4 is 23.6 Å². The highest BCUT2D eigenvalue weighted by Gasteiger charge is 2.43. The number of nitrogens with one attached hydrogen (secondary N) is 1.